The van der Waals surface area contributed by atoms with Crippen LogP contribution in [-0.2, 0) is 6.54 Å². The van der Waals surface area contributed by atoms with Crippen molar-refractivity contribution in [2.24, 2.45) is 11.8 Å². The van der Waals surface area contributed by atoms with Crippen molar-refractivity contribution in [3.05, 3.63) is 33.7 Å². The highest BCUT2D eigenvalue weighted by atomic mass is 16.2. The van der Waals surface area contributed by atoms with Crippen LogP contribution in [0.25, 0.3) is 0 Å². The molecule has 0 aromatic carbocycles. The van der Waals surface area contributed by atoms with Gasteiger partial charge in [0.25, 0.3) is 11.8 Å². The lowest BCUT2D eigenvalue weighted by molar-refractivity contribution is 0.0941. The second-order valence-corrected chi connectivity index (χ2v) is 7.57. The molecule has 2 N–H and O–H groups in total. The fourth-order valence-corrected chi connectivity index (χ4v) is 2.39. The fraction of sp³-hybridized carbons (Fsp3) is 0.632. The molecule has 25 heavy (non-hydrogen) atoms. The van der Waals surface area contributed by atoms with E-state index in [1.165, 1.54) is 6.20 Å². The van der Waals surface area contributed by atoms with E-state index in [1.807, 2.05) is 27.7 Å². The van der Waals surface area contributed by atoms with Gasteiger partial charge < -0.3 is 15.2 Å². The van der Waals surface area contributed by atoms with Gasteiger partial charge in [0, 0.05) is 31.5 Å². The summed E-state index contributed by atoms with van der Waals surface area (Å²) in [6.45, 7) is 13.0. The third kappa shape index (κ3) is 6.72. The number of carbonyl (C=O) groups is 2. The lowest BCUT2D eigenvalue weighted by atomic mass is 10.1. The molecule has 1 heterocycles. The molecular weight excluding hydrogens is 318 g/mol. The summed E-state index contributed by atoms with van der Waals surface area (Å²) in [5, 5.41) is 5.50. The Morgan fingerprint density at radius 3 is 2.00 bits per heavy atom. The number of hydrogen-bond acceptors (Lipinski definition) is 3. The van der Waals surface area contributed by atoms with Crippen molar-refractivity contribution in [3.63, 3.8) is 0 Å². The number of rotatable bonds is 8. The molecule has 0 unspecified atom stereocenters. The minimum absolute atomic E-state index is 0.00543. The average molecular weight is 349 g/mol. The lowest BCUT2D eigenvalue weighted by Crippen LogP contribution is -2.38. The van der Waals surface area contributed by atoms with E-state index in [9.17, 15) is 14.4 Å². The van der Waals surface area contributed by atoms with Crippen molar-refractivity contribution in [2.75, 3.05) is 6.54 Å². The quantitative estimate of drug-likeness (QED) is 0.756. The Balaban J connectivity index is 3.19. The molecular formula is C19H31N3O3. The van der Waals surface area contributed by atoms with Crippen molar-refractivity contribution in [1.29, 1.82) is 0 Å². The Morgan fingerprint density at radius 2 is 1.52 bits per heavy atom. The summed E-state index contributed by atoms with van der Waals surface area (Å²) in [6, 6.07) is -0.0889. The molecule has 0 atom stereocenters. The number of hydrogen-bond donors (Lipinski definition) is 2. The first-order chi connectivity index (χ1) is 11.6. The van der Waals surface area contributed by atoms with Gasteiger partial charge in [-0.25, -0.2) is 0 Å². The first-order valence-corrected chi connectivity index (χ1v) is 8.95. The van der Waals surface area contributed by atoms with E-state index in [2.05, 4.69) is 24.5 Å². The average Bonchev–Trinajstić information content (AvgIpc) is 2.46. The predicted molar refractivity (Wildman–Crippen MR) is 99.9 cm³/mol. The second kappa shape index (κ2) is 9.39. The van der Waals surface area contributed by atoms with Gasteiger partial charge in [0.15, 0.2) is 0 Å². The van der Waals surface area contributed by atoms with E-state index in [1.54, 1.807) is 10.8 Å². The first-order valence-electron chi connectivity index (χ1n) is 8.95. The molecule has 0 aliphatic heterocycles. The zero-order valence-electron chi connectivity index (χ0n) is 16.2. The van der Waals surface area contributed by atoms with Crippen molar-refractivity contribution in [3.8, 4) is 0 Å². The predicted octanol–water partition coefficient (Wildman–Crippen LogP) is 2.42. The topological polar surface area (TPSA) is 80.2 Å². The SMILES string of the molecule is CC(C)CCNC(=O)c1cn(CC(C)C)cc(C(=O)NC(C)C)c1=O. The van der Waals surface area contributed by atoms with Gasteiger partial charge >= 0.3 is 0 Å². The van der Waals surface area contributed by atoms with Crippen LogP contribution in [0.5, 0.6) is 0 Å². The van der Waals surface area contributed by atoms with Crippen molar-refractivity contribution in [2.45, 2.75) is 60.5 Å². The molecule has 2 amide bonds. The van der Waals surface area contributed by atoms with Gasteiger partial charge in [-0.3, -0.25) is 14.4 Å². The van der Waals surface area contributed by atoms with Crippen LogP contribution in [0, 0.1) is 11.8 Å². The molecule has 1 aromatic rings. The highest BCUT2D eigenvalue weighted by Gasteiger charge is 2.20. The minimum atomic E-state index is -0.528. The zero-order chi connectivity index (χ0) is 19.1. The molecule has 1 aromatic heterocycles. The van der Waals surface area contributed by atoms with Gasteiger partial charge in [-0.05, 0) is 32.1 Å². The Morgan fingerprint density at radius 1 is 0.960 bits per heavy atom. The highest BCUT2D eigenvalue weighted by Crippen LogP contribution is 2.05. The largest absolute Gasteiger partial charge is 0.352 e. The normalized spacial score (nSPS) is 11.2. The first kappa shape index (κ1) is 20.9. The standard InChI is InChI=1S/C19H31N3O3/c1-12(2)7-8-20-18(24)15-10-22(9-13(3)4)11-16(17(15)23)19(25)21-14(5)6/h10-14H,7-9H2,1-6H3,(H,20,24)(H,21,25). The van der Waals surface area contributed by atoms with E-state index in [0.717, 1.165) is 6.42 Å². The number of nitrogens with one attached hydrogen (secondary N) is 2. The third-order valence-corrected chi connectivity index (χ3v) is 3.57. The van der Waals surface area contributed by atoms with E-state index in [-0.39, 0.29) is 17.2 Å². The molecule has 0 fully saturated rings. The molecule has 1 rings (SSSR count). The number of carbonyl (C=O) groups excluding carboxylic acids is 2. The van der Waals surface area contributed by atoms with Crippen LogP contribution in [0.15, 0.2) is 17.2 Å². The molecule has 6 heteroatoms. The smallest absolute Gasteiger partial charge is 0.256 e. The van der Waals surface area contributed by atoms with Crippen LogP contribution in [0.1, 0.15) is 68.7 Å². The van der Waals surface area contributed by atoms with Crippen molar-refractivity contribution >= 4 is 11.8 Å². The molecule has 0 aliphatic carbocycles. The van der Waals surface area contributed by atoms with Crippen LogP contribution in [0.3, 0.4) is 0 Å². The molecule has 0 saturated heterocycles. The van der Waals surface area contributed by atoms with Crippen LogP contribution in [0.2, 0.25) is 0 Å². The summed E-state index contributed by atoms with van der Waals surface area (Å²) in [5.74, 6) is -0.0990. The Bertz CT molecular complexity index is 660. The van der Waals surface area contributed by atoms with Gasteiger partial charge in [-0.2, -0.15) is 0 Å². The molecule has 0 bridgehead atoms. The second-order valence-electron chi connectivity index (χ2n) is 7.57. The maximum atomic E-state index is 12.6. The van der Waals surface area contributed by atoms with E-state index in [4.69, 9.17) is 0 Å². The molecule has 0 spiro atoms. The zero-order valence-corrected chi connectivity index (χ0v) is 16.2. The summed E-state index contributed by atoms with van der Waals surface area (Å²) in [7, 11) is 0. The third-order valence-electron chi connectivity index (χ3n) is 3.57. The number of aromatic nitrogens is 1. The summed E-state index contributed by atoms with van der Waals surface area (Å²) in [6.07, 6.45) is 3.91. The number of pyridine rings is 1. The Hall–Kier alpha value is -2.11. The van der Waals surface area contributed by atoms with E-state index >= 15 is 0 Å². The van der Waals surface area contributed by atoms with E-state index < -0.39 is 17.2 Å². The maximum absolute atomic E-state index is 12.6. The summed E-state index contributed by atoms with van der Waals surface area (Å²) in [4.78, 5) is 37.4. The van der Waals surface area contributed by atoms with Crippen LogP contribution in [0.4, 0.5) is 0 Å². The van der Waals surface area contributed by atoms with Gasteiger partial charge in [0.2, 0.25) is 5.43 Å². The maximum Gasteiger partial charge on any atom is 0.256 e. The summed E-state index contributed by atoms with van der Waals surface area (Å²) < 4.78 is 1.75. The monoisotopic (exact) mass is 349 g/mol. The summed E-state index contributed by atoms with van der Waals surface area (Å²) >= 11 is 0. The fourth-order valence-electron chi connectivity index (χ4n) is 2.39. The van der Waals surface area contributed by atoms with Crippen LogP contribution < -0.4 is 16.1 Å². The van der Waals surface area contributed by atoms with Crippen LogP contribution >= 0.6 is 0 Å². The molecule has 0 radical (unpaired) electrons. The number of nitrogens with zero attached hydrogens (tertiary/aromatic N) is 1. The van der Waals surface area contributed by atoms with Crippen molar-refractivity contribution in [1.82, 2.24) is 15.2 Å². The molecule has 0 saturated carbocycles. The van der Waals surface area contributed by atoms with E-state index in [0.29, 0.717) is 24.9 Å². The van der Waals surface area contributed by atoms with Crippen LogP contribution in [-0.4, -0.2) is 29.0 Å². The molecule has 6 nitrogen and oxygen atoms in total. The molecule has 0 aliphatic rings. The minimum Gasteiger partial charge on any atom is -0.352 e. The molecule has 140 valence electrons. The van der Waals surface area contributed by atoms with Gasteiger partial charge in [-0.1, -0.05) is 27.7 Å². The summed E-state index contributed by atoms with van der Waals surface area (Å²) in [5.41, 5.74) is -0.508. The lowest BCUT2D eigenvalue weighted by Gasteiger charge is -2.15. The highest BCUT2D eigenvalue weighted by molar-refractivity contribution is 5.99. The van der Waals surface area contributed by atoms with Crippen molar-refractivity contribution < 1.29 is 9.59 Å². The Kier molecular flexibility index (Phi) is 7.87. The number of amides is 2. The van der Waals surface area contributed by atoms with Gasteiger partial charge in [-0.15, -0.1) is 0 Å². The van der Waals surface area contributed by atoms with Gasteiger partial charge in [0.1, 0.15) is 11.1 Å². The Labute approximate surface area is 150 Å². The van der Waals surface area contributed by atoms with Gasteiger partial charge in [0.05, 0.1) is 0 Å².